The van der Waals surface area contributed by atoms with E-state index in [1.165, 1.54) is 50.1 Å². The van der Waals surface area contributed by atoms with Crippen LogP contribution in [0.15, 0.2) is 50.6 Å². The van der Waals surface area contributed by atoms with Gasteiger partial charge in [0.2, 0.25) is 0 Å². The molecule has 3 aliphatic rings. The molecule has 4 rings (SSSR count). The Morgan fingerprint density at radius 1 is 1.05 bits per heavy atom. The van der Waals surface area contributed by atoms with E-state index < -0.39 is 5.60 Å². The number of likely N-dealkylation sites (N-methyl/N-ethyl adjacent to an activating group) is 2. The minimum absolute atomic E-state index is 0.287. The highest BCUT2D eigenvalue weighted by atomic mass is 16.6. The molecular formula is C31H51N3O3. The predicted molar refractivity (Wildman–Crippen MR) is 155 cm³/mol. The van der Waals surface area contributed by atoms with E-state index in [1.54, 1.807) is 11.1 Å². The number of nitrogens with zero attached hydrogens (tertiary/aromatic N) is 3. The number of carbonyl (C=O) groups is 2. The molecule has 2 saturated heterocycles. The lowest BCUT2D eigenvalue weighted by molar-refractivity contribution is -0.111. The zero-order chi connectivity index (χ0) is 28.0. The number of aldehydes is 1. The highest BCUT2D eigenvalue weighted by molar-refractivity contribution is 5.74. The van der Waals surface area contributed by atoms with Crippen LogP contribution in [0.4, 0.5) is 4.79 Å². The van der Waals surface area contributed by atoms with E-state index in [0.717, 1.165) is 25.2 Å². The second-order valence-electron chi connectivity index (χ2n) is 10.8. The van der Waals surface area contributed by atoms with Crippen LogP contribution >= 0.6 is 0 Å². The summed E-state index contributed by atoms with van der Waals surface area (Å²) < 4.78 is 5.18. The molecule has 0 N–H and O–H groups in total. The summed E-state index contributed by atoms with van der Waals surface area (Å²) in [7, 11) is 4.60. The van der Waals surface area contributed by atoms with Crippen molar-refractivity contribution in [1.29, 1.82) is 0 Å². The minimum atomic E-state index is -0.493. The SMILES string of the molecule is C=C.C=C.CC(C)(C)OC(=O)N1CCC[C@H]1C=O.CN1CCC[C@H]1CN(C)[C@@H]1CCCc2ccccc21. The van der Waals surface area contributed by atoms with E-state index in [4.69, 9.17) is 4.74 Å². The summed E-state index contributed by atoms with van der Waals surface area (Å²) in [5, 5.41) is 0. The van der Waals surface area contributed by atoms with Crippen molar-refractivity contribution >= 4 is 12.4 Å². The topological polar surface area (TPSA) is 53.1 Å². The highest BCUT2D eigenvalue weighted by Gasteiger charge is 2.31. The lowest BCUT2D eigenvalue weighted by atomic mass is 9.87. The van der Waals surface area contributed by atoms with E-state index in [1.807, 2.05) is 20.8 Å². The van der Waals surface area contributed by atoms with Crippen LogP contribution in [0.5, 0.6) is 0 Å². The standard InChI is InChI=1S/C17H26N2.C10H17NO3.2C2H4/c1-18-12-6-9-15(18)13-19(2)17-11-5-8-14-7-3-4-10-16(14)17;1-10(2,3)14-9(13)11-6-4-5-8(11)7-12;2*1-2/h3-4,7,10,15,17H,5-6,8-9,11-13H2,1-2H3;7-8H,4-6H2,1-3H3;2*1-2H2/t15-,17+;8-;;/m00../s1. The molecule has 0 spiro atoms. The number of aryl methyl sites for hydroxylation is 1. The van der Waals surface area contributed by atoms with Crippen molar-refractivity contribution in [3.8, 4) is 0 Å². The first-order valence-corrected chi connectivity index (χ1v) is 13.6. The lowest BCUT2D eigenvalue weighted by Crippen LogP contribution is -2.40. The van der Waals surface area contributed by atoms with Crippen molar-refractivity contribution < 1.29 is 14.3 Å². The predicted octanol–water partition coefficient (Wildman–Crippen LogP) is 6.28. The maximum atomic E-state index is 11.6. The fourth-order valence-corrected chi connectivity index (χ4v) is 5.34. The third kappa shape index (κ3) is 10.1. The molecule has 0 radical (unpaired) electrons. The quantitative estimate of drug-likeness (QED) is 0.350. The zero-order valence-corrected chi connectivity index (χ0v) is 24.1. The number of rotatable bonds is 4. The second-order valence-corrected chi connectivity index (χ2v) is 10.8. The Hall–Kier alpha value is -2.44. The molecule has 6 heteroatoms. The van der Waals surface area contributed by atoms with Crippen LogP contribution < -0.4 is 0 Å². The monoisotopic (exact) mass is 513 g/mol. The summed E-state index contributed by atoms with van der Waals surface area (Å²) in [4.78, 5) is 28.8. The van der Waals surface area contributed by atoms with Crippen LogP contribution in [0, 0.1) is 0 Å². The molecular weight excluding hydrogens is 462 g/mol. The normalized spacial score (nSPS) is 22.9. The molecule has 1 aliphatic carbocycles. The van der Waals surface area contributed by atoms with Gasteiger partial charge in [0.25, 0.3) is 0 Å². The number of amides is 1. The first kappa shape index (κ1) is 32.6. The summed E-state index contributed by atoms with van der Waals surface area (Å²) in [5.74, 6) is 0. The van der Waals surface area contributed by atoms with Gasteiger partial charge in [-0.2, -0.15) is 0 Å². The third-order valence-electron chi connectivity index (χ3n) is 7.12. The van der Waals surface area contributed by atoms with Gasteiger partial charge in [0, 0.05) is 25.2 Å². The molecule has 2 heterocycles. The number of hydrogen-bond acceptors (Lipinski definition) is 5. The summed E-state index contributed by atoms with van der Waals surface area (Å²) in [6.07, 6.45) is 8.74. The van der Waals surface area contributed by atoms with Crippen molar-refractivity contribution in [2.24, 2.45) is 0 Å². The van der Waals surface area contributed by atoms with E-state index in [2.05, 4.69) is 74.5 Å². The van der Waals surface area contributed by atoms with Gasteiger partial charge in [-0.3, -0.25) is 9.80 Å². The van der Waals surface area contributed by atoms with Crippen molar-refractivity contribution in [3.63, 3.8) is 0 Å². The Morgan fingerprint density at radius 2 is 1.70 bits per heavy atom. The van der Waals surface area contributed by atoms with Crippen molar-refractivity contribution in [2.45, 2.75) is 89.4 Å². The molecule has 1 aromatic rings. The maximum Gasteiger partial charge on any atom is 0.410 e. The van der Waals surface area contributed by atoms with Crippen LogP contribution in [0.25, 0.3) is 0 Å². The Kier molecular flexibility index (Phi) is 14.5. The van der Waals surface area contributed by atoms with Gasteiger partial charge >= 0.3 is 6.09 Å². The third-order valence-corrected chi connectivity index (χ3v) is 7.12. The van der Waals surface area contributed by atoms with Gasteiger partial charge < -0.3 is 14.4 Å². The number of fused-ring (bicyclic) bond motifs is 1. The first-order valence-electron chi connectivity index (χ1n) is 13.6. The first-order chi connectivity index (χ1) is 17.7. The molecule has 3 atom stereocenters. The van der Waals surface area contributed by atoms with Crippen LogP contribution in [-0.4, -0.2) is 78.5 Å². The summed E-state index contributed by atoms with van der Waals surface area (Å²) in [5.41, 5.74) is 2.66. The van der Waals surface area contributed by atoms with Crippen LogP contribution in [0.3, 0.4) is 0 Å². The Labute approximate surface area is 226 Å². The van der Waals surface area contributed by atoms with Gasteiger partial charge in [0.05, 0.1) is 6.04 Å². The van der Waals surface area contributed by atoms with Gasteiger partial charge in [0.15, 0.2) is 0 Å². The molecule has 208 valence electrons. The van der Waals surface area contributed by atoms with Crippen molar-refractivity contribution in [3.05, 3.63) is 61.7 Å². The summed E-state index contributed by atoms with van der Waals surface area (Å²) in [6.45, 7) is 20.6. The van der Waals surface area contributed by atoms with Crippen molar-refractivity contribution in [2.75, 3.05) is 33.7 Å². The number of ether oxygens (including phenoxy) is 1. The van der Waals surface area contributed by atoms with Crippen molar-refractivity contribution in [1.82, 2.24) is 14.7 Å². The van der Waals surface area contributed by atoms with Gasteiger partial charge in [0.1, 0.15) is 11.9 Å². The van der Waals surface area contributed by atoms with Crippen LogP contribution in [0.1, 0.15) is 76.5 Å². The van der Waals surface area contributed by atoms with Crippen LogP contribution in [-0.2, 0) is 16.0 Å². The molecule has 1 aromatic carbocycles. The smallest absolute Gasteiger partial charge is 0.410 e. The number of likely N-dealkylation sites (tertiary alicyclic amines) is 2. The van der Waals surface area contributed by atoms with Gasteiger partial charge in [-0.15, -0.1) is 26.3 Å². The van der Waals surface area contributed by atoms with E-state index >= 15 is 0 Å². The fraction of sp³-hybridized carbons (Fsp3) is 0.613. The zero-order valence-electron chi connectivity index (χ0n) is 24.1. The fourth-order valence-electron chi connectivity index (χ4n) is 5.34. The average molecular weight is 514 g/mol. The molecule has 0 saturated carbocycles. The Balaban J connectivity index is 0.000000339. The van der Waals surface area contributed by atoms with E-state index in [0.29, 0.717) is 12.6 Å². The van der Waals surface area contributed by atoms with Gasteiger partial charge in [-0.25, -0.2) is 4.79 Å². The maximum absolute atomic E-state index is 11.6. The number of carbonyl (C=O) groups excluding carboxylic acids is 2. The molecule has 0 unspecified atom stereocenters. The van der Waals surface area contributed by atoms with Crippen LogP contribution in [0.2, 0.25) is 0 Å². The Bertz CT molecular complexity index is 820. The highest BCUT2D eigenvalue weighted by Crippen LogP contribution is 2.34. The van der Waals surface area contributed by atoms with Gasteiger partial charge in [-0.1, -0.05) is 24.3 Å². The minimum Gasteiger partial charge on any atom is -0.444 e. The molecule has 0 aromatic heterocycles. The molecule has 6 nitrogen and oxygen atoms in total. The molecule has 0 bridgehead atoms. The molecule has 37 heavy (non-hydrogen) atoms. The molecule has 1 amide bonds. The number of benzene rings is 1. The molecule has 2 fully saturated rings. The average Bonchev–Trinajstić information content (AvgIpc) is 3.54. The molecule has 2 aliphatic heterocycles. The second kappa shape index (κ2) is 16.4. The van der Waals surface area contributed by atoms with Gasteiger partial charge in [-0.05, 0) is 97.5 Å². The summed E-state index contributed by atoms with van der Waals surface area (Å²) in [6, 6.07) is 10.2. The van der Waals surface area contributed by atoms with E-state index in [9.17, 15) is 9.59 Å². The number of hydrogen-bond donors (Lipinski definition) is 0. The van der Waals surface area contributed by atoms with E-state index in [-0.39, 0.29) is 12.1 Å². The largest absolute Gasteiger partial charge is 0.444 e. The summed E-state index contributed by atoms with van der Waals surface area (Å²) >= 11 is 0. The Morgan fingerprint density at radius 3 is 2.30 bits per heavy atom. The lowest BCUT2D eigenvalue weighted by Gasteiger charge is -2.36.